The van der Waals surface area contributed by atoms with Crippen molar-refractivity contribution in [3.8, 4) is 0 Å². The number of carbonyl (C=O) groups is 2. The second kappa shape index (κ2) is 6.49. The number of para-hydroxylation sites is 1. The molecule has 2 amide bonds. The fraction of sp³-hybridized carbons (Fsp3) is 0.412. The highest BCUT2D eigenvalue weighted by Crippen LogP contribution is 2.41. The van der Waals surface area contributed by atoms with E-state index >= 15 is 0 Å². The number of amides is 2. The number of benzene rings is 1. The summed E-state index contributed by atoms with van der Waals surface area (Å²) in [6.45, 7) is 0.00384. The molecule has 7 heteroatoms. The van der Waals surface area contributed by atoms with Gasteiger partial charge < -0.3 is 0 Å². The monoisotopic (exact) mass is 349 g/mol. The molecule has 0 aromatic heterocycles. The summed E-state index contributed by atoms with van der Waals surface area (Å²) in [5.74, 6) is -1.44. The molecular formula is C17H19NO5S. The Hall–Kier alpha value is -1.99. The van der Waals surface area contributed by atoms with Crippen LogP contribution in [-0.2, 0) is 23.9 Å². The van der Waals surface area contributed by atoms with Gasteiger partial charge in [-0.15, -0.1) is 0 Å². The molecule has 0 N–H and O–H groups in total. The van der Waals surface area contributed by atoms with E-state index in [1.54, 1.807) is 24.3 Å². The SMILES string of the molecule is CS(=O)(=O)OCC[C@@H]1C=CCC2C(=O)N(c3ccccc3)C(=O)[C@@H]21. The summed E-state index contributed by atoms with van der Waals surface area (Å²) in [6.07, 6.45) is 5.70. The van der Waals surface area contributed by atoms with Crippen LogP contribution in [0.1, 0.15) is 12.8 Å². The molecule has 1 aliphatic carbocycles. The molecular weight excluding hydrogens is 330 g/mol. The number of rotatable bonds is 5. The first-order valence-electron chi connectivity index (χ1n) is 7.82. The summed E-state index contributed by atoms with van der Waals surface area (Å²) in [7, 11) is -3.51. The van der Waals surface area contributed by atoms with Gasteiger partial charge in [0.2, 0.25) is 11.8 Å². The summed E-state index contributed by atoms with van der Waals surface area (Å²) >= 11 is 0. The Balaban J connectivity index is 1.79. The van der Waals surface area contributed by atoms with Crippen LogP contribution in [0.4, 0.5) is 5.69 Å². The minimum Gasteiger partial charge on any atom is -0.274 e. The van der Waals surface area contributed by atoms with Gasteiger partial charge in [-0.25, -0.2) is 0 Å². The molecule has 1 aromatic carbocycles. The molecule has 1 saturated heterocycles. The first-order chi connectivity index (χ1) is 11.4. The lowest BCUT2D eigenvalue weighted by molar-refractivity contribution is -0.122. The van der Waals surface area contributed by atoms with Crippen LogP contribution in [0.25, 0.3) is 0 Å². The molecule has 1 aromatic rings. The third-order valence-electron chi connectivity index (χ3n) is 4.47. The largest absolute Gasteiger partial charge is 0.274 e. The van der Waals surface area contributed by atoms with Crippen LogP contribution in [-0.4, -0.2) is 33.1 Å². The van der Waals surface area contributed by atoms with E-state index in [-0.39, 0.29) is 30.3 Å². The summed E-state index contributed by atoms with van der Waals surface area (Å²) in [6, 6.07) is 8.88. The maximum Gasteiger partial charge on any atom is 0.264 e. The number of hydrogen-bond acceptors (Lipinski definition) is 5. The third kappa shape index (κ3) is 3.27. The number of imide groups is 1. The lowest BCUT2D eigenvalue weighted by Gasteiger charge is -2.25. The fourth-order valence-electron chi connectivity index (χ4n) is 3.44. The molecule has 1 unspecified atom stereocenters. The van der Waals surface area contributed by atoms with E-state index in [1.165, 1.54) is 4.90 Å². The summed E-state index contributed by atoms with van der Waals surface area (Å²) < 4.78 is 27.0. The normalized spacial score (nSPS) is 26.7. The van der Waals surface area contributed by atoms with Crippen LogP contribution in [0.15, 0.2) is 42.5 Å². The standard InChI is InChI=1S/C17H19NO5S/c1-24(21,22)23-11-10-12-6-5-9-14-15(12)17(20)18(16(14)19)13-7-3-2-4-8-13/h2-8,12,14-15H,9-11H2,1H3/t12-,14?,15+/m0/s1. The fourth-order valence-corrected chi connectivity index (χ4v) is 3.84. The minimum absolute atomic E-state index is 0.00384. The average molecular weight is 349 g/mol. The Labute approximate surface area is 141 Å². The molecule has 2 aliphatic rings. The minimum atomic E-state index is -3.51. The summed E-state index contributed by atoms with van der Waals surface area (Å²) in [5.41, 5.74) is 0.577. The van der Waals surface area contributed by atoms with Gasteiger partial charge in [0.25, 0.3) is 10.1 Å². The summed E-state index contributed by atoms with van der Waals surface area (Å²) in [4.78, 5) is 26.8. The molecule has 0 spiro atoms. The molecule has 1 heterocycles. The quantitative estimate of drug-likeness (QED) is 0.459. The van der Waals surface area contributed by atoms with Crippen LogP contribution in [0.5, 0.6) is 0 Å². The molecule has 1 fully saturated rings. The molecule has 6 nitrogen and oxygen atoms in total. The topological polar surface area (TPSA) is 80.8 Å². The van der Waals surface area contributed by atoms with E-state index in [0.29, 0.717) is 18.5 Å². The molecule has 3 rings (SSSR count). The predicted octanol–water partition coefficient (Wildman–Crippen LogP) is 1.73. The van der Waals surface area contributed by atoms with Crippen molar-refractivity contribution in [1.29, 1.82) is 0 Å². The predicted molar refractivity (Wildman–Crippen MR) is 88.6 cm³/mol. The van der Waals surface area contributed by atoms with Gasteiger partial charge in [-0.3, -0.25) is 18.7 Å². The highest BCUT2D eigenvalue weighted by Gasteiger charge is 2.51. The Morgan fingerprint density at radius 2 is 1.88 bits per heavy atom. The van der Waals surface area contributed by atoms with Crippen LogP contribution in [0.2, 0.25) is 0 Å². The lowest BCUT2D eigenvalue weighted by Crippen LogP contribution is -2.32. The maximum atomic E-state index is 12.8. The van der Waals surface area contributed by atoms with Crippen LogP contribution in [0.3, 0.4) is 0 Å². The van der Waals surface area contributed by atoms with Crippen molar-refractivity contribution >= 4 is 27.6 Å². The van der Waals surface area contributed by atoms with Gasteiger partial charge in [-0.1, -0.05) is 30.4 Å². The molecule has 24 heavy (non-hydrogen) atoms. The number of anilines is 1. The van der Waals surface area contributed by atoms with Gasteiger partial charge >= 0.3 is 0 Å². The Morgan fingerprint density at radius 1 is 1.17 bits per heavy atom. The zero-order chi connectivity index (χ0) is 17.3. The van der Waals surface area contributed by atoms with Gasteiger partial charge in [0.1, 0.15) is 0 Å². The second-order valence-corrected chi connectivity index (χ2v) is 7.77. The molecule has 0 bridgehead atoms. The lowest BCUT2D eigenvalue weighted by atomic mass is 9.76. The van der Waals surface area contributed by atoms with E-state index in [4.69, 9.17) is 4.18 Å². The highest BCUT2D eigenvalue weighted by atomic mass is 32.2. The van der Waals surface area contributed by atoms with Crippen molar-refractivity contribution in [3.63, 3.8) is 0 Å². The second-order valence-electron chi connectivity index (χ2n) is 6.12. The van der Waals surface area contributed by atoms with Crippen LogP contribution in [0, 0.1) is 17.8 Å². The van der Waals surface area contributed by atoms with E-state index in [2.05, 4.69) is 0 Å². The van der Waals surface area contributed by atoms with Crippen molar-refractivity contribution in [2.45, 2.75) is 12.8 Å². The van der Waals surface area contributed by atoms with E-state index in [0.717, 1.165) is 6.26 Å². The smallest absolute Gasteiger partial charge is 0.264 e. The molecule has 128 valence electrons. The van der Waals surface area contributed by atoms with Gasteiger partial charge in [0, 0.05) is 0 Å². The number of nitrogens with zero attached hydrogens (tertiary/aromatic N) is 1. The van der Waals surface area contributed by atoms with Crippen molar-refractivity contribution in [2.24, 2.45) is 17.8 Å². The van der Waals surface area contributed by atoms with Crippen molar-refractivity contribution < 1.29 is 22.2 Å². The van der Waals surface area contributed by atoms with Gasteiger partial charge in [0.05, 0.1) is 30.4 Å². The molecule has 1 aliphatic heterocycles. The van der Waals surface area contributed by atoms with Gasteiger partial charge in [-0.05, 0) is 30.9 Å². The Bertz CT molecular complexity index is 771. The van der Waals surface area contributed by atoms with E-state index in [1.807, 2.05) is 18.2 Å². The maximum absolute atomic E-state index is 12.8. The van der Waals surface area contributed by atoms with Crippen LogP contribution < -0.4 is 4.90 Å². The van der Waals surface area contributed by atoms with Crippen molar-refractivity contribution in [2.75, 3.05) is 17.8 Å². The van der Waals surface area contributed by atoms with Crippen LogP contribution >= 0.6 is 0 Å². The number of fused-ring (bicyclic) bond motifs is 1. The van der Waals surface area contributed by atoms with Gasteiger partial charge in [0.15, 0.2) is 0 Å². The van der Waals surface area contributed by atoms with E-state index in [9.17, 15) is 18.0 Å². The van der Waals surface area contributed by atoms with Crippen molar-refractivity contribution in [3.05, 3.63) is 42.5 Å². The Morgan fingerprint density at radius 3 is 2.54 bits per heavy atom. The summed E-state index contributed by atoms with van der Waals surface area (Å²) in [5, 5.41) is 0. The third-order valence-corrected chi connectivity index (χ3v) is 5.07. The number of hydrogen-bond donors (Lipinski definition) is 0. The van der Waals surface area contributed by atoms with Gasteiger partial charge in [-0.2, -0.15) is 8.42 Å². The number of carbonyl (C=O) groups excluding carboxylic acids is 2. The number of allylic oxidation sites excluding steroid dienone is 2. The molecule has 3 atom stereocenters. The van der Waals surface area contributed by atoms with E-state index < -0.39 is 16.0 Å². The molecule has 0 radical (unpaired) electrons. The highest BCUT2D eigenvalue weighted by molar-refractivity contribution is 7.85. The first kappa shape index (κ1) is 16.9. The zero-order valence-electron chi connectivity index (χ0n) is 13.3. The average Bonchev–Trinajstić information content (AvgIpc) is 2.79. The molecule has 0 saturated carbocycles. The zero-order valence-corrected chi connectivity index (χ0v) is 14.1. The first-order valence-corrected chi connectivity index (χ1v) is 9.64. The van der Waals surface area contributed by atoms with Crippen molar-refractivity contribution in [1.82, 2.24) is 0 Å². The Kier molecular flexibility index (Phi) is 4.56.